The largest absolute Gasteiger partial charge is 0.366 e. The van der Waals surface area contributed by atoms with E-state index >= 15 is 0 Å². The molecule has 0 aliphatic carbocycles. The van der Waals surface area contributed by atoms with E-state index in [1.54, 1.807) is 18.3 Å². The SMILES string of the molecule is CN(Cc1ccc(C(N)=O)cc1)C[C@H]1CCCN1c1cccnn1. The number of nitrogens with zero attached hydrogens (tertiary/aromatic N) is 4. The number of amides is 1. The molecule has 6 nitrogen and oxygen atoms in total. The maximum absolute atomic E-state index is 11.1. The van der Waals surface area contributed by atoms with Gasteiger partial charge in [0.25, 0.3) is 0 Å². The van der Waals surface area contributed by atoms with Crippen molar-refractivity contribution in [3.05, 3.63) is 53.7 Å². The van der Waals surface area contributed by atoms with Gasteiger partial charge in [-0.15, -0.1) is 5.10 Å². The van der Waals surface area contributed by atoms with Gasteiger partial charge in [0, 0.05) is 37.4 Å². The third-order valence-corrected chi connectivity index (χ3v) is 4.44. The summed E-state index contributed by atoms with van der Waals surface area (Å²) in [6.07, 6.45) is 4.06. The van der Waals surface area contributed by atoms with E-state index in [1.807, 2.05) is 24.3 Å². The van der Waals surface area contributed by atoms with Gasteiger partial charge in [0.2, 0.25) is 5.91 Å². The molecule has 2 heterocycles. The van der Waals surface area contributed by atoms with Gasteiger partial charge < -0.3 is 15.5 Å². The predicted molar refractivity (Wildman–Crippen MR) is 93.7 cm³/mol. The Bertz CT molecular complexity index is 674. The fourth-order valence-corrected chi connectivity index (χ4v) is 3.28. The number of carbonyl (C=O) groups is 1. The summed E-state index contributed by atoms with van der Waals surface area (Å²) in [5.41, 5.74) is 7.00. The van der Waals surface area contributed by atoms with E-state index in [0.717, 1.165) is 25.5 Å². The predicted octanol–water partition coefficient (Wildman–Crippen LogP) is 1.68. The smallest absolute Gasteiger partial charge is 0.248 e. The molecule has 0 radical (unpaired) electrons. The van der Waals surface area contributed by atoms with Crippen molar-refractivity contribution in [1.82, 2.24) is 15.1 Å². The Balaban J connectivity index is 1.59. The molecule has 6 heteroatoms. The second-order valence-corrected chi connectivity index (χ2v) is 6.33. The Hall–Kier alpha value is -2.47. The van der Waals surface area contributed by atoms with E-state index in [0.29, 0.717) is 11.6 Å². The number of primary amides is 1. The highest BCUT2D eigenvalue weighted by Crippen LogP contribution is 2.23. The number of benzene rings is 1. The minimum atomic E-state index is -0.388. The Labute approximate surface area is 142 Å². The lowest BCUT2D eigenvalue weighted by Crippen LogP contribution is -2.39. The van der Waals surface area contributed by atoms with Crippen LogP contribution in [-0.4, -0.2) is 47.2 Å². The van der Waals surface area contributed by atoms with Gasteiger partial charge in [-0.25, -0.2) is 0 Å². The molecule has 1 aliphatic heterocycles. The van der Waals surface area contributed by atoms with E-state index in [1.165, 1.54) is 18.4 Å². The number of aromatic nitrogens is 2. The van der Waals surface area contributed by atoms with Crippen LogP contribution < -0.4 is 10.6 Å². The maximum atomic E-state index is 11.1. The van der Waals surface area contributed by atoms with Crippen LogP contribution in [0.5, 0.6) is 0 Å². The van der Waals surface area contributed by atoms with Crippen molar-refractivity contribution in [3.63, 3.8) is 0 Å². The average molecular weight is 325 g/mol. The number of likely N-dealkylation sites (N-methyl/N-ethyl adjacent to an activating group) is 1. The molecular formula is C18H23N5O. The van der Waals surface area contributed by atoms with Crippen LogP contribution in [0.2, 0.25) is 0 Å². The number of nitrogens with two attached hydrogens (primary N) is 1. The lowest BCUT2D eigenvalue weighted by Gasteiger charge is -2.29. The summed E-state index contributed by atoms with van der Waals surface area (Å²) in [7, 11) is 2.12. The van der Waals surface area contributed by atoms with Gasteiger partial charge in [-0.3, -0.25) is 4.79 Å². The van der Waals surface area contributed by atoms with Crippen molar-refractivity contribution >= 4 is 11.7 Å². The average Bonchev–Trinajstić information content (AvgIpc) is 3.04. The standard InChI is InChI=1S/C18H23N5O/c1-22(12-14-6-8-15(9-7-14)18(19)24)13-16-4-3-11-23(16)17-5-2-10-20-21-17/h2,5-10,16H,3-4,11-13H2,1H3,(H2,19,24)/t16-/m1/s1. The van der Waals surface area contributed by atoms with Crippen LogP contribution in [0.1, 0.15) is 28.8 Å². The van der Waals surface area contributed by atoms with E-state index in [9.17, 15) is 4.79 Å². The van der Waals surface area contributed by atoms with Crippen molar-refractivity contribution in [2.75, 3.05) is 25.0 Å². The van der Waals surface area contributed by atoms with Crippen molar-refractivity contribution in [2.45, 2.75) is 25.4 Å². The maximum Gasteiger partial charge on any atom is 0.248 e. The fourth-order valence-electron chi connectivity index (χ4n) is 3.28. The van der Waals surface area contributed by atoms with Crippen LogP contribution in [0.25, 0.3) is 0 Å². The molecule has 1 aliphatic rings. The molecule has 126 valence electrons. The van der Waals surface area contributed by atoms with Gasteiger partial charge in [0.05, 0.1) is 0 Å². The molecule has 0 bridgehead atoms. The summed E-state index contributed by atoms with van der Waals surface area (Å²) >= 11 is 0. The highest BCUT2D eigenvalue weighted by molar-refractivity contribution is 5.92. The molecule has 1 saturated heterocycles. The van der Waals surface area contributed by atoms with Gasteiger partial charge in [0.1, 0.15) is 0 Å². The first-order valence-electron chi connectivity index (χ1n) is 8.25. The first kappa shape index (κ1) is 16.4. The fraction of sp³-hybridized carbons (Fsp3) is 0.389. The molecule has 0 saturated carbocycles. The molecule has 1 aromatic heterocycles. The molecule has 2 aromatic rings. The molecule has 0 spiro atoms. The third-order valence-electron chi connectivity index (χ3n) is 4.44. The van der Waals surface area contributed by atoms with Gasteiger partial charge in [-0.05, 0) is 49.7 Å². The number of rotatable bonds is 6. The van der Waals surface area contributed by atoms with Gasteiger partial charge in [-0.1, -0.05) is 12.1 Å². The van der Waals surface area contributed by atoms with Gasteiger partial charge in [0.15, 0.2) is 5.82 Å². The van der Waals surface area contributed by atoms with E-state index in [-0.39, 0.29) is 5.91 Å². The molecule has 3 rings (SSSR count). The molecule has 2 N–H and O–H groups in total. The summed E-state index contributed by atoms with van der Waals surface area (Å²) in [6, 6.07) is 11.9. The number of hydrogen-bond donors (Lipinski definition) is 1. The normalized spacial score (nSPS) is 17.4. The van der Waals surface area contributed by atoms with Crippen molar-refractivity contribution in [2.24, 2.45) is 5.73 Å². The second-order valence-electron chi connectivity index (χ2n) is 6.33. The summed E-state index contributed by atoms with van der Waals surface area (Å²) in [5.74, 6) is 0.569. The number of carbonyl (C=O) groups excluding carboxylic acids is 1. The Kier molecular flexibility index (Phi) is 5.05. The summed E-state index contributed by atoms with van der Waals surface area (Å²) in [5, 5.41) is 8.23. The Morgan fingerprint density at radius 1 is 1.33 bits per heavy atom. The van der Waals surface area contributed by atoms with Crippen LogP contribution in [0.3, 0.4) is 0 Å². The molecule has 0 unspecified atom stereocenters. The molecule has 1 aromatic carbocycles. The van der Waals surface area contributed by atoms with Gasteiger partial charge >= 0.3 is 0 Å². The van der Waals surface area contributed by atoms with E-state index in [2.05, 4.69) is 27.0 Å². The monoisotopic (exact) mass is 325 g/mol. The molecule has 1 fully saturated rings. The zero-order valence-corrected chi connectivity index (χ0v) is 13.9. The molecular weight excluding hydrogens is 302 g/mol. The quantitative estimate of drug-likeness (QED) is 0.874. The van der Waals surface area contributed by atoms with Crippen LogP contribution in [0, 0.1) is 0 Å². The summed E-state index contributed by atoms with van der Waals surface area (Å²) in [6.45, 7) is 2.84. The lowest BCUT2D eigenvalue weighted by molar-refractivity contribution is 0.100. The topological polar surface area (TPSA) is 75.3 Å². The van der Waals surface area contributed by atoms with Crippen LogP contribution in [0.4, 0.5) is 5.82 Å². The summed E-state index contributed by atoms with van der Waals surface area (Å²) in [4.78, 5) is 15.8. The highest BCUT2D eigenvalue weighted by atomic mass is 16.1. The first-order chi connectivity index (χ1) is 11.6. The second kappa shape index (κ2) is 7.40. The molecule has 24 heavy (non-hydrogen) atoms. The van der Waals surface area contributed by atoms with E-state index < -0.39 is 0 Å². The molecule has 1 amide bonds. The van der Waals surface area contributed by atoms with E-state index in [4.69, 9.17) is 5.73 Å². The Morgan fingerprint density at radius 2 is 2.12 bits per heavy atom. The Morgan fingerprint density at radius 3 is 2.79 bits per heavy atom. The molecule has 1 atom stereocenters. The van der Waals surface area contributed by atoms with Crippen molar-refractivity contribution in [3.8, 4) is 0 Å². The zero-order chi connectivity index (χ0) is 16.9. The minimum Gasteiger partial charge on any atom is -0.366 e. The third kappa shape index (κ3) is 3.89. The van der Waals surface area contributed by atoms with Crippen molar-refractivity contribution < 1.29 is 4.79 Å². The van der Waals surface area contributed by atoms with Crippen molar-refractivity contribution in [1.29, 1.82) is 0 Å². The summed E-state index contributed by atoms with van der Waals surface area (Å²) < 4.78 is 0. The van der Waals surface area contributed by atoms with Crippen LogP contribution in [0.15, 0.2) is 42.6 Å². The minimum absolute atomic E-state index is 0.388. The first-order valence-corrected chi connectivity index (χ1v) is 8.25. The highest BCUT2D eigenvalue weighted by Gasteiger charge is 2.26. The van der Waals surface area contributed by atoms with Crippen LogP contribution >= 0.6 is 0 Å². The van der Waals surface area contributed by atoms with Crippen LogP contribution in [-0.2, 0) is 6.54 Å². The number of hydrogen-bond acceptors (Lipinski definition) is 5. The van der Waals surface area contributed by atoms with Gasteiger partial charge in [-0.2, -0.15) is 5.10 Å². The zero-order valence-electron chi connectivity index (χ0n) is 13.9. The lowest BCUT2D eigenvalue weighted by atomic mass is 10.1. The number of anilines is 1.